The molecule has 1 heterocycles. The van der Waals surface area contributed by atoms with E-state index in [0.29, 0.717) is 5.92 Å². The zero-order valence-electron chi connectivity index (χ0n) is 15.8. The summed E-state index contributed by atoms with van der Waals surface area (Å²) in [6.45, 7) is 12.5. The zero-order valence-corrected chi connectivity index (χ0v) is 15.8. The molecule has 0 bridgehead atoms. The summed E-state index contributed by atoms with van der Waals surface area (Å²) in [6, 6.07) is 8.51. The number of hydrogen-bond acceptors (Lipinski definition) is 3. The molecule has 4 heteroatoms. The minimum atomic E-state index is -0.271. The highest BCUT2D eigenvalue weighted by Crippen LogP contribution is 2.43. The summed E-state index contributed by atoms with van der Waals surface area (Å²) >= 11 is 0. The van der Waals surface area contributed by atoms with Gasteiger partial charge in [-0.1, -0.05) is 18.2 Å². The Kier molecular flexibility index (Phi) is 4.56. The van der Waals surface area contributed by atoms with Crippen LogP contribution in [0.3, 0.4) is 0 Å². The zero-order chi connectivity index (χ0) is 17.5. The molecule has 3 rings (SSSR count). The van der Waals surface area contributed by atoms with Gasteiger partial charge in [0.2, 0.25) is 0 Å². The van der Waals surface area contributed by atoms with Crippen LogP contribution in [-0.2, 0) is 9.31 Å². The lowest BCUT2D eigenvalue weighted by Crippen LogP contribution is -2.41. The third-order valence-electron chi connectivity index (χ3n) is 5.43. The first-order chi connectivity index (χ1) is 11.2. The van der Waals surface area contributed by atoms with E-state index >= 15 is 0 Å². The first kappa shape index (κ1) is 17.6. The van der Waals surface area contributed by atoms with E-state index in [-0.39, 0.29) is 24.4 Å². The Bertz CT molecular complexity index is 600. The highest BCUT2D eigenvalue weighted by molar-refractivity contribution is 6.54. The molecule has 0 saturated carbocycles. The fourth-order valence-corrected chi connectivity index (χ4v) is 3.28. The molecule has 0 N–H and O–H groups in total. The van der Waals surface area contributed by atoms with Crippen molar-refractivity contribution in [2.45, 2.75) is 77.6 Å². The van der Waals surface area contributed by atoms with Crippen LogP contribution < -0.4 is 4.74 Å². The lowest BCUT2D eigenvalue weighted by atomic mass is 9.76. The van der Waals surface area contributed by atoms with Crippen LogP contribution in [0.2, 0.25) is 0 Å². The standard InChI is InChI=1S/C20H29BO3/c1-14(2)22-18-11-8-15(9-12-18)16-7-10-17(13-16)21-23-19(3,4)20(5,6)24-21/h8-12,14,16H,7,13H2,1-6H3. The molecular weight excluding hydrogens is 299 g/mol. The molecule has 1 aromatic carbocycles. The first-order valence-electron chi connectivity index (χ1n) is 8.99. The number of allylic oxidation sites excluding steroid dienone is 2. The Hall–Kier alpha value is -1.26. The summed E-state index contributed by atoms with van der Waals surface area (Å²) in [7, 11) is -0.205. The van der Waals surface area contributed by atoms with Gasteiger partial charge in [-0.15, -0.1) is 0 Å². The molecule has 1 aromatic rings. The molecule has 1 aliphatic heterocycles. The first-order valence-corrected chi connectivity index (χ1v) is 8.99. The number of hydrogen-bond donors (Lipinski definition) is 0. The summed E-state index contributed by atoms with van der Waals surface area (Å²) in [5.74, 6) is 1.44. The van der Waals surface area contributed by atoms with Crippen LogP contribution in [0.4, 0.5) is 0 Å². The molecule has 0 amide bonds. The highest BCUT2D eigenvalue weighted by Gasteiger charge is 2.52. The summed E-state index contributed by atoms with van der Waals surface area (Å²) in [5.41, 5.74) is 2.09. The van der Waals surface area contributed by atoms with Gasteiger partial charge in [-0.2, -0.15) is 0 Å². The second-order valence-corrected chi connectivity index (χ2v) is 8.24. The van der Waals surface area contributed by atoms with Crippen molar-refractivity contribution in [2.75, 3.05) is 0 Å². The second-order valence-electron chi connectivity index (χ2n) is 8.24. The van der Waals surface area contributed by atoms with E-state index in [2.05, 4.69) is 58.0 Å². The normalized spacial score (nSPS) is 25.2. The Morgan fingerprint density at radius 3 is 2.17 bits per heavy atom. The van der Waals surface area contributed by atoms with Crippen molar-refractivity contribution in [3.63, 3.8) is 0 Å². The quantitative estimate of drug-likeness (QED) is 0.735. The molecule has 1 saturated heterocycles. The molecule has 24 heavy (non-hydrogen) atoms. The maximum atomic E-state index is 6.18. The topological polar surface area (TPSA) is 27.7 Å². The van der Waals surface area contributed by atoms with Crippen molar-refractivity contribution in [1.82, 2.24) is 0 Å². The molecule has 1 aliphatic carbocycles. The summed E-state index contributed by atoms with van der Waals surface area (Å²) < 4.78 is 18.1. The van der Waals surface area contributed by atoms with E-state index in [9.17, 15) is 0 Å². The van der Waals surface area contributed by atoms with Crippen LogP contribution in [0.5, 0.6) is 5.75 Å². The molecule has 0 aromatic heterocycles. The van der Waals surface area contributed by atoms with E-state index in [1.807, 2.05) is 13.8 Å². The third-order valence-corrected chi connectivity index (χ3v) is 5.43. The maximum Gasteiger partial charge on any atom is 0.490 e. The molecule has 0 spiro atoms. The fraction of sp³-hybridized carbons (Fsp3) is 0.600. The molecule has 1 fully saturated rings. The second kappa shape index (κ2) is 6.23. The van der Waals surface area contributed by atoms with Crippen LogP contribution >= 0.6 is 0 Å². The number of benzene rings is 1. The van der Waals surface area contributed by atoms with E-state index in [1.54, 1.807) is 0 Å². The predicted molar refractivity (Wildman–Crippen MR) is 98.3 cm³/mol. The SMILES string of the molecule is CC(C)Oc1ccc(C2CC=C(B3OC(C)(C)C(C)(C)O3)C2)cc1. The lowest BCUT2D eigenvalue weighted by molar-refractivity contribution is 0.00578. The fourth-order valence-electron chi connectivity index (χ4n) is 3.28. The van der Waals surface area contributed by atoms with E-state index in [0.717, 1.165) is 18.6 Å². The Labute approximate surface area is 146 Å². The van der Waals surface area contributed by atoms with Crippen LogP contribution in [0.25, 0.3) is 0 Å². The van der Waals surface area contributed by atoms with Crippen LogP contribution in [0.1, 0.15) is 65.9 Å². The third kappa shape index (κ3) is 3.40. The van der Waals surface area contributed by atoms with Crippen LogP contribution in [0, 0.1) is 0 Å². The highest BCUT2D eigenvalue weighted by atomic mass is 16.7. The van der Waals surface area contributed by atoms with Gasteiger partial charge in [0, 0.05) is 0 Å². The lowest BCUT2D eigenvalue weighted by Gasteiger charge is -2.32. The van der Waals surface area contributed by atoms with Gasteiger partial charge in [-0.05, 0) is 83.5 Å². The Balaban J connectivity index is 1.63. The molecule has 0 radical (unpaired) electrons. The minimum absolute atomic E-state index is 0.205. The van der Waals surface area contributed by atoms with Crippen molar-refractivity contribution < 1.29 is 14.0 Å². The monoisotopic (exact) mass is 328 g/mol. The van der Waals surface area contributed by atoms with Gasteiger partial charge in [0.25, 0.3) is 0 Å². The van der Waals surface area contributed by atoms with Gasteiger partial charge in [0.15, 0.2) is 0 Å². The average Bonchev–Trinajstić information content (AvgIpc) is 3.03. The Morgan fingerprint density at radius 2 is 1.62 bits per heavy atom. The van der Waals surface area contributed by atoms with Gasteiger partial charge in [0.05, 0.1) is 17.3 Å². The van der Waals surface area contributed by atoms with Gasteiger partial charge in [-0.25, -0.2) is 0 Å². The predicted octanol–water partition coefficient (Wildman–Crippen LogP) is 4.91. The minimum Gasteiger partial charge on any atom is -0.491 e. The molecular formula is C20H29BO3. The summed E-state index contributed by atoms with van der Waals surface area (Å²) in [5, 5.41) is 0. The smallest absolute Gasteiger partial charge is 0.490 e. The van der Waals surface area contributed by atoms with Crippen molar-refractivity contribution >= 4 is 7.12 Å². The van der Waals surface area contributed by atoms with Gasteiger partial charge < -0.3 is 14.0 Å². The molecule has 130 valence electrons. The van der Waals surface area contributed by atoms with Crippen LogP contribution in [0.15, 0.2) is 35.8 Å². The van der Waals surface area contributed by atoms with E-state index < -0.39 is 0 Å². The molecule has 1 atom stereocenters. The molecule has 2 aliphatic rings. The molecule has 3 nitrogen and oxygen atoms in total. The average molecular weight is 328 g/mol. The van der Waals surface area contributed by atoms with Gasteiger partial charge >= 0.3 is 7.12 Å². The van der Waals surface area contributed by atoms with E-state index in [4.69, 9.17) is 14.0 Å². The van der Waals surface area contributed by atoms with Gasteiger partial charge in [0.1, 0.15) is 5.75 Å². The maximum absolute atomic E-state index is 6.18. The Morgan fingerprint density at radius 1 is 1.04 bits per heavy atom. The summed E-state index contributed by atoms with van der Waals surface area (Å²) in [6.07, 6.45) is 4.55. The van der Waals surface area contributed by atoms with Gasteiger partial charge in [-0.3, -0.25) is 0 Å². The molecule has 1 unspecified atom stereocenters. The number of ether oxygens (including phenoxy) is 1. The number of rotatable bonds is 4. The van der Waals surface area contributed by atoms with Crippen molar-refractivity contribution in [1.29, 1.82) is 0 Å². The van der Waals surface area contributed by atoms with Crippen LogP contribution in [-0.4, -0.2) is 24.4 Å². The van der Waals surface area contributed by atoms with E-state index in [1.165, 1.54) is 11.0 Å². The van der Waals surface area contributed by atoms with Crippen molar-refractivity contribution in [3.05, 3.63) is 41.4 Å². The van der Waals surface area contributed by atoms with Crippen molar-refractivity contribution in [3.8, 4) is 5.75 Å². The summed E-state index contributed by atoms with van der Waals surface area (Å²) in [4.78, 5) is 0. The largest absolute Gasteiger partial charge is 0.491 e. The van der Waals surface area contributed by atoms with Crippen molar-refractivity contribution in [2.24, 2.45) is 0 Å².